The van der Waals surface area contributed by atoms with Crippen molar-refractivity contribution in [2.45, 2.75) is 19.0 Å². The molecule has 162 valence electrons. The van der Waals surface area contributed by atoms with E-state index in [1.54, 1.807) is 12.5 Å². The number of nitrogens with zero attached hydrogens (tertiary/aromatic N) is 3. The molecule has 2 heterocycles. The van der Waals surface area contributed by atoms with Crippen LogP contribution in [-0.4, -0.2) is 53.3 Å². The third-order valence-corrected chi connectivity index (χ3v) is 5.59. The highest BCUT2D eigenvalue weighted by atomic mass is 16.5. The summed E-state index contributed by atoms with van der Waals surface area (Å²) >= 11 is 0. The topological polar surface area (TPSA) is 71.4 Å². The standard InChI is InChI=1S/C24H29N5O2/c1-19(20-7-9-22(10-8-20)29-12-11-25-18-29)26-24(30)27-23(21-5-3-2-4-6-21)17-28-13-15-31-16-14-28/h2-12,18-19,23H,13-17H2,1H3,(H2,26,27,30)/t19-,23+/m1/s1. The summed E-state index contributed by atoms with van der Waals surface area (Å²) < 4.78 is 7.40. The van der Waals surface area contributed by atoms with Gasteiger partial charge in [0.05, 0.1) is 31.6 Å². The number of ether oxygens (including phenoxy) is 1. The maximum Gasteiger partial charge on any atom is 0.315 e. The molecule has 0 radical (unpaired) electrons. The van der Waals surface area contributed by atoms with E-state index in [4.69, 9.17) is 4.74 Å². The Morgan fingerprint density at radius 3 is 2.45 bits per heavy atom. The molecule has 1 aromatic heterocycles. The maximum atomic E-state index is 12.8. The summed E-state index contributed by atoms with van der Waals surface area (Å²) in [7, 11) is 0. The first-order valence-corrected chi connectivity index (χ1v) is 10.7. The lowest BCUT2D eigenvalue weighted by Gasteiger charge is -2.31. The summed E-state index contributed by atoms with van der Waals surface area (Å²) in [6, 6.07) is 17.9. The molecule has 1 aliphatic rings. The van der Waals surface area contributed by atoms with Crippen molar-refractivity contribution in [1.29, 1.82) is 0 Å². The Labute approximate surface area is 183 Å². The number of imidazole rings is 1. The van der Waals surface area contributed by atoms with Gasteiger partial charge in [0.2, 0.25) is 0 Å². The van der Waals surface area contributed by atoms with E-state index in [-0.39, 0.29) is 18.1 Å². The Kier molecular flexibility index (Phi) is 6.96. The van der Waals surface area contributed by atoms with E-state index in [9.17, 15) is 4.79 Å². The van der Waals surface area contributed by atoms with Crippen molar-refractivity contribution < 1.29 is 9.53 Å². The second-order valence-electron chi connectivity index (χ2n) is 7.78. The SMILES string of the molecule is C[C@@H](NC(=O)N[C@@H](CN1CCOCC1)c1ccccc1)c1ccc(-n2ccnc2)cc1. The molecule has 2 N–H and O–H groups in total. The molecular weight excluding hydrogens is 390 g/mol. The third kappa shape index (κ3) is 5.71. The van der Waals surface area contributed by atoms with Gasteiger partial charge in [-0.2, -0.15) is 0 Å². The molecule has 2 amide bonds. The van der Waals surface area contributed by atoms with Crippen molar-refractivity contribution >= 4 is 6.03 Å². The Balaban J connectivity index is 1.38. The predicted molar refractivity (Wildman–Crippen MR) is 120 cm³/mol. The van der Waals surface area contributed by atoms with Crippen molar-refractivity contribution in [2.24, 2.45) is 0 Å². The van der Waals surface area contributed by atoms with Crippen LogP contribution in [0.25, 0.3) is 5.69 Å². The average molecular weight is 420 g/mol. The summed E-state index contributed by atoms with van der Waals surface area (Å²) in [5.41, 5.74) is 3.18. The first kappa shape index (κ1) is 21.1. The normalized spacial score (nSPS) is 16.4. The molecule has 0 saturated carbocycles. The number of aromatic nitrogens is 2. The monoisotopic (exact) mass is 419 g/mol. The lowest BCUT2D eigenvalue weighted by atomic mass is 10.1. The quantitative estimate of drug-likeness (QED) is 0.616. The van der Waals surface area contributed by atoms with Crippen LogP contribution < -0.4 is 10.6 Å². The van der Waals surface area contributed by atoms with Gasteiger partial charge >= 0.3 is 6.03 Å². The predicted octanol–water partition coefficient (Wildman–Crippen LogP) is 3.31. The Morgan fingerprint density at radius 2 is 1.77 bits per heavy atom. The van der Waals surface area contributed by atoms with Crippen LogP contribution in [0.1, 0.15) is 30.1 Å². The Hall–Kier alpha value is -3.16. The van der Waals surface area contributed by atoms with E-state index in [1.165, 1.54) is 0 Å². The lowest BCUT2D eigenvalue weighted by Crippen LogP contribution is -2.46. The molecule has 4 rings (SSSR count). The molecule has 0 aliphatic carbocycles. The number of nitrogens with one attached hydrogen (secondary N) is 2. The zero-order valence-corrected chi connectivity index (χ0v) is 17.8. The Morgan fingerprint density at radius 1 is 1.03 bits per heavy atom. The van der Waals surface area contributed by atoms with Crippen LogP contribution in [0, 0.1) is 0 Å². The summed E-state index contributed by atoms with van der Waals surface area (Å²) in [6.45, 7) is 5.98. The number of urea groups is 1. The smallest absolute Gasteiger partial charge is 0.315 e. The molecular formula is C24H29N5O2. The molecule has 31 heavy (non-hydrogen) atoms. The summed E-state index contributed by atoms with van der Waals surface area (Å²) in [5.74, 6) is 0. The van der Waals surface area contributed by atoms with Gasteiger partial charge in [-0.05, 0) is 30.2 Å². The number of carbonyl (C=O) groups excluding carboxylic acids is 1. The van der Waals surface area contributed by atoms with Crippen molar-refractivity contribution in [3.8, 4) is 5.69 Å². The van der Waals surface area contributed by atoms with Gasteiger partial charge in [-0.25, -0.2) is 9.78 Å². The molecule has 0 unspecified atom stereocenters. The van der Waals surface area contributed by atoms with Crippen molar-refractivity contribution in [1.82, 2.24) is 25.1 Å². The van der Waals surface area contributed by atoms with Gasteiger partial charge < -0.3 is 19.9 Å². The molecule has 7 heteroatoms. The molecule has 2 aromatic carbocycles. The molecule has 1 fully saturated rings. The minimum atomic E-state index is -0.173. The summed E-state index contributed by atoms with van der Waals surface area (Å²) in [4.78, 5) is 19.2. The van der Waals surface area contributed by atoms with Crippen molar-refractivity contribution in [3.05, 3.63) is 84.4 Å². The first-order chi connectivity index (χ1) is 15.2. The van der Waals surface area contributed by atoms with E-state index < -0.39 is 0 Å². The largest absolute Gasteiger partial charge is 0.379 e. The minimum Gasteiger partial charge on any atom is -0.379 e. The molecule has 0 spiro atoms. The molecule has 7 nitrogen and oxygen atoms in total. The number of rotatable bonds is 7. The van der Waals surface area contributed by atoms with Gasteiger partial charge in [-0.1, -0.05) is 42.5 Å². The number of amides is 2. The zero-order valence-electron chi connectivity index (χ0n) is 17.8. The first-order valence-electron chi connectivity index (χ1n) is 10.7. The number of benzene rings is 2. The van der Waals surface area contributed by atoms with Crippen LogP contribution in [0.4, 0.5) is 4.79 Å². The lowest BCUT2D eigenvalue weighted by molar-refractivity contribution is 0.0339. The second-order valence-corrected chi connectivity index (χ2v) is 7.78. The van der Waals surface area contributed by atoms with Crippen molar-refractivity contribution in [3.63, 3.8) is 0 Å². The van der Waals surface area contributed by atoms with Gasteiger partial charge in [0.1, 0.15) is 0 Å². The van der Waals surface area contributed by atoms with Crippen LogP contribution in [0.15, 0.2) is 73.3 Å². The van der Waals surface area contributed by atoms with Gasteiger partial charge in [0.15, 0.2) is 0 Å². The molecule has 0 bridgehead atoms. The maximum absolute atomic E-state index is 12.8. The molecule has 3 aromatic rings. The average Bonchev–Trinajstić information content (AvgIpc) is 3.35. The summed E-state index contributed by atoms with van der Waals surface area (Å²) in [6.07, 6.45) is 5.42. The van der Waals surface area contributed by atoms with Crippen LogP contribution >= 0.6 is 0 Å². The van der Waals surface area contributed by atoms with E-state index >= 15 is 0 Å². The highest BCUT2D eigenvalue weighted by Crippen LogP contribution is 2.18. The fraction of sp³-hybridized carbons (Fsp3) is 0.333. The highest BCUT2D eigenvalue weighted by Gasteiger charge is 2.21. The second kappa shape index (κ2) is 10.2. The fourth-order valence-corrected chi connectivity index (χ4v) is 3.79. The molecule has 1 saturated heterocycles. The molecule has 1 aliphatic heterocycles. The highest BCUT2D eigenvalue weighted by molar-refractivity contribution is 5.75. The van der Waals surface area contributed by atoms with Crippen LogP contribution in [0.5, 0.6) is 0 Å². The van der Waals surface area contributed by atoms with Crippen LogP contribution in [-0.2, 0) is 4.74 Å². The zero-order chi connectivity index (χ0) is 21.5. The third-order valence-electron chi connectivity index (χ3n) is 5.59. The van der Waals surface area contributed by atoms with Crippen LogP contribution in [0.2, 0.25) is 0 Å². The van der Waals surface area contributed by atoms with Crippen LogP contribution in [0.3, 0.4) is 0 Å². The van der Waals surface area contributed by atoms with Gasteiger partial charge in [0, 0.05) is 37.7 Å². The van der Waals surface area contributed by atoms with Gasteiger partial charge in [-0.15, -0.1) is 0 Å². The van der Waals surface area contributed by atoms with E-state index in [0.29, 0.717) is 0 Å². The fourth-order valence-electron chi connectivity index (χ4n) is 3.79. The Bertz CT molecular complexity index is 938. The van der Waals surface area contributed by atoms with Gasteiger partial charge in [-0.3, -0.25) is 4.90 Å². The molecule has 2 atom stereocenters. The van der Waals surface area contributed by atoms with Crippen molar-refractivity contribution in [2.75, 3.05) is 32.8 Å². The van der Waals surface area contributed by atoms with Gasteiger partial charge in [0.25, 0.3) is 0 Å². The summed E-state index contributed by atoms with van der Waals surface area (Å²) in [5, 5.41) is 6.25. The van der Waals surface area contributed by atoms with E-state index in [0.717, 1.165) is 49.7 Å². The van der Waals surface area contributed by atoms with E-state index in [2.05, 4.69) is 32.7 Å². The number of carbonyl (C=O) groups is 1. The number of hydrogen-bond acceptors (Lipinski definition) is 4. The minimum absolute atomic E-state index is 0.0879. The van der Waals surface area contributed by atoms with E-state index in [1.807, 2.05) is 60.2 Å². The number of hydrogen-bond donors (Lipinski definition) is 2. The number of morpholine rings is 1.